The molecule has 1 aromatic heterocycles. The van der Waals surface area contributed by atoms with Crippen molar-refractivity contribution >= 4 is 15.8 Å². The van der Waals surface area contributed by atoms with E-state index in [1.807, 2.05) is 0 Å². The Morgan fingerprint density at radius 2 is 2.18 bits per heavy atom. The molecule has 0 aromatic carbocycles. The van der Waals surface area contributed by atoms with Crippen molar-refractivity contribution in [2.75, 3.05) is 11.5 Å². The van der Waals surface area contributed by atoms with Crippen LogP contribution in [0.2, 0.25) is 0 Å². The number of carbonyl (C=O) groups is 1. The lowest BCUT2D eigenvalue weighted by Gasteiger charge is -2.01. The molecule has 0 unspecified atom stereocenters. The first kappa shape index (κ1) is 13.6. The Hall–Kier alpha value is -1.44. The molecule has 0 aliphatic carbocycles. The van der Waals surface area contributed by atoms with Gasteiger partial charge in [-0.25, -0.2) is 8.42 Å². The molecule has 0 bridgehead atoms. The van der Waals surface area contributed by atoms with Crippen LogP contribution < -0.4 is 0 Å². The van der Waals surface area contributed by atoms with E-state index in [4.69, 9.17) is 5.11 Å². The second-order valence-corrected chi connectivity index (χ2v) is 6.00. The number of nitrogens with zero attached hydrogens (tertiary/aromatic N) is 3. The van der Waals surface area contributed by atoms with Gasteiger partial charge in [0.1, 0.15) is 0 Å². The predicted octanol–water partition coefficient (Wildman–Crippen LogP) is -0.270. The number of aliphatic carboxylic acids is 1. The van der Waals surface area contributed by atoms with E-state index in [9.17, 15) is 13.2 Å². The Labute approximate surface area is 99.4 Å². The van der Waals surface area contributed by atoms with Gasteiger partial charge in [-0.05, 0) is 6.42 Å². The van der Waals surface area contributed by atoms with Gasteiger partial charge in [-0.3, -0.25) is 9.48 Å². The van der Waals surface area contributed by atoms with Crippen LogP contribution >= 0.6 is 0 Å². The van der Waals surface area contributed by atoms with Crippen molar-refractivity contribution in [2.24, 2.45) is 0 Å². The first-order valence-corrected chi connectivity index (χ1v) is 7.06. The van der Waals surface area contributed by atoms with Crippen LogP contribution in [0.4, 0.5) is 0 Å². The average molecular weight is 261 g/mol. The number of carboxylic acids is 1. The van der Waals surface area contributed by atoms with Crippen LogP contribution in [0.3, 0.4) is 0 Å². The topological polar surface area (TPSA) is 102 Å². The van der Waals surface area contributed by atoms with E-state index >= 15 is 0 Å². The molecule has 0 fully saturated rings. The quantitative estimate of drug-likeness (QED) is 0.725. The lowest BCUT2D eigenvalue weighted by Crippen LogP contribution is -2.16. The minimum Gasteiger partial charge on any atom is -0.481 e. The number of sulfone groups is 1. The fraction of sp³-hybridized carbons (Fsp3) is 0.667. The molecule has 1 rings (SSSR count). The molecule has 8 heteroatoms. The van der Waals surface area contributed by atoms with Gasteiger partial charge in [-0.15, -0.1) is 5.10 Å². The highest BCUT2D eigenvalue weighted by atomic mass is 32.2. The first-order chi connectivity index (χ1) is 7.93. The summed E-state index contributed by atoms with van der Waals surface area (Å²) in [7, 11) is -3.05. The molecule has 1 heterocycles. The van der Waals surface area contributed by atoms with Crippen LogP contribution in [-0.2, 0) is 27.6 Å². The molecular formula is C9H15N3O4S. The Kier molecular flexibility index (Phi) is 4.62. The molecular weight excluding hydrogens is 246 g/mol. The number of carboxylic acid groups (broad SMARTS) is 1. The number of hydrogen-bond acceptors (Lipinski definition) is 5. The zero-order valence-corrected chi connectivity index (χ0v) is 10.4. The van der Waals surface area contributed by atoms with Crippen LogP contribution in [-0.4, -0.2) is 46.0 Å². The maximum absolute atomic E-state index is 11.4. The summed E-state index contributed by atoms with van der Waals surface area (Å²) in [4.78, 5) is 10.4. The molecule has 96 valence electrons. The maximum atomic E-state index is 11.4. The fourth-order valence-corrected chi connectivity index (χ4v) is 2.62. The summed E-state index contributed by atoms with van der Waals surface area (Å²) in [6, 6.07) is 0. The number of rotatable bonds is 7. The monoisotopic (exact) mass is 261 g/mol. The Bertz CT molecular complexity index is 480. The lowest BCUT2D eigenvalue weighted by atomic mass is 10.3. The highest BCUT2D eigenvalue weighted by Gasteiger charge is 2.11. The number of aromatic nitrogens is 3. The van der Waals surface area contributed by atoms with Gasteiger partial charge < -0.3 is 5.11 Å². The molecule has 0 spiro atoms. The van der Waals surface area contributed by atoms with Gasteiger partial charge in [0, 0.05) is 11.9 Å². The van der Waals surface area contributed by atoms with Crippen LogP contribution in [0.25, 0.3) is 0 Å². The second kappa shape index (κ2) is 5.76. The summed E-state index contributed by atoms with van der Waals surface area (Å²) in [6.45, 7) is 2.01. The van der Waals surface area contributed by atoms with Crippen molar-refractivity contribution in [3.8, 4) is 0 Å². The molecule has 0 saturated heterocycles. The zero-order valence-electron chi connectivity index (χ0n) is 9.53. The average Bonchev–Trinajstić information content (AvgIpc) is 2.62. The van der Waals surface area contributed by atoms with Gasteiger partial charge in [0.25, 0.3) is 0 Å². The summed E-state index contributed by atoms with van der Waals surface area (Å²) in [5.41, 5.74) is 0.324. The van der Waals surface area contributed by atoms with Gasteiger partial charge in [0.05, 0.1) is 24.4 Å². The SMILES string of the molecule is CCCS(=O)(=O)CCn1cc(CC(=O)O)nn1. The number of aryl methyl sites for hydroxylation is 1. The molecule has 0 aliphatic heterocycles. The third-order valence-electron chi connectivity index (χ3n) is 2.06. The van der Waals surface area contributed by atoms with E-state index in [0.717, 1.165) is 0 Å². The van der Waals surface area contributed by atoms with Crippen LogP contribution in [0.1, 0.15) is 19.0 Å². The molecule has 0 saturated carbocycles. The molecule has 1 N–H and O–H groups in total. The zero-order chi connectivity index (χ0) is 12.9. The van der Waals surface area contributed by atoms with Crippen molar-refractivity contribution in [3.05, 3.63) is 11.9 Å². The molecule has 0 aliphatic rings. The minimum atomic E-state index is -3.05. The van der Waals surface area contributed by atoms with Crippen LogP contribution in [0.15, 0.2) is 6.20 Å². The van der Waals surface area contributed by atoms with Crippen molar-refractivity contribution in [1.29, 1.82) is 0 Å². The standard InChI is InChI=1S/C9H15N3O4S/c1-2-4-17(15,16)5-3-12-7-8(10-11-12)6-9(13)14/h7H,2-6H2,1H3,(H,13,14). The van der Waals surface area contributed by atoms with Crippen LogP contribution in [0.5, 0.6) is 0 Å². The Morgan fingerprint density at radius 3 is 2.76 bits per heavy atom. The largest absolute Gasteiger partial charge is 0.481 e. The minimum absolute atomic E-state index is 0.00326. The van der Waals surface area contributed by atoms with Gasteiger partial charge in [-0.1, -0.05) is 12.1 Å². The van der Waals surface area contributed by atoms with Gasteiger partial charge in [0.15, 0.2) is 9.84 Å². The molecule has 7 nitrogen and oxygen atoms in total. The predicted molar refractivity (Wildman–Crippen MR) is 60.3 cm³/mol. The van der Waals surface area contributed by atoms with Gasteiger partial charge in [-0.2, -0.15) is 0 Å². The van der Waals surface area contributed by atoms with Crippen LogP contribution in [0, 0.1) is 0 Å². The van der Waals surface area contributed by atoms with Crippen molar-refractivity contribution in [3.63, 3.8) is 0 Å². The summed E-state index contributed by atoms with van der Waals surface area (Å²) < 4.78 is 24.2. The third-order valence-corrected chi connectivity index (χ3v) is 3.90. The highest BCUT2D eigenvalue weighted by molar-refractivity contribution is 7.91. The van der Waals surface area contributed by atoms with Gasteiger partial charge in [0.2, 0.25) is 0 Å². The summed E-state index contributed by atoms with van der Waals surface area (Å²) in [6.07, 6.45) is 1.83. The number of hydrogen-bond donors (Lipinski definition) is 1. The van der Waals surface area contributed by atoms with E-state index in [1.165, 1.54) is 10.9 Å². The summed E-state index contributed by atoms with van der Waals surface area (Å²) >= 11 is 0. The normalized spacial score (nSPS) is 11.6. The molecule has 17 heavy (non-hydrogen) atoms. The van der Waals surface area contributed by atoms with E-state index < -0.39 is 15.8 Å². The molecule has 0 radical (unpaired) electrons. The van der Waals surface area contributed by atoms with E-state index in [-0.39, 0.29) is 24.5 Å². The van der Waals surface area contributed by atoms with E-state index in [1.54, 1.807) is 6.92 Å². The fourth-order valence-electron chi connectivity index (χ4n) is 1.33. The van der Waals surface area contributed by atoms with Gasteiger partial charge >= 0.3 is 5.97 Å². The maximum Gasteiger partial charge on any atom is 0.309 e. The molecule has 0 atom stereocenters. The lowest BCUT2D eigenvalue weighted by molar-refractivity contribution is -0.136. The molecule has 1 aromatic rings. The second-order valence-electron chi connectivity index (χ2n) is 3.70. The summed E-state index contributed by atoms with van der Waals surface area (Å²) in [5.74, 6) is -0.837. The van der Waals surface area contributed by atoms with Crippen molar-refractivity contribution < 1.29 is 18.3 Å². The van der Waals surface area contributed by atoms with E-state index in [2.05, 4.69) is 10.3 Å². The Morgan fingerprint density at radius 1 is 1.47 bits per heavy atom. The smallest absolute Gasteiger partial charge is 0.309 e. The third kappa shape index (κ3) is 4.94. The Balaban J connectivity index is 2.53. The summed E-state index contributed by atoms with van der Waals surface area (Å²) in [5, 5.41) is 15.8. The van der Waals surface area contributed by atoms with E-state index in [0.29, 0.717) is 12.1 Å². The van der Waals surface area contributed by atoms with Crippen molar-refractivity contribution in [2.45, 2.75) is 26.3 Å². The molecule has 0 amide bonds. The van der Waals surface area contributed by atoms with Crippen molar-refractivity contribution in [1.82, 2.24) is 15.0 Å². The highest BCUT2D eigenvalue weighted by Crippen LogP contribution is 1.98. The first-order valence-electron chi connectivity index (χ1n) is 5.24.